The van der Waals surface area contributed by atoms with E-state index < -0.39 is 0 Å². The summed E-state index contributed by atoms with van der Waals surface area (Å²) >= 11 is 0. The van der Waals surface area contributed by atoms with Gasteiger partial charge in [0.1, 0.15) is 0 Å². The first-order chi connectivity index (χ1) is 6.79. The standard InChI is InChI=1S/C11H14N2O/c1-9(14)13-8-4-7-12-10-5-2-3-6-11(10)13/h2-3,5-6,12H,4,7-8H2,1H3. The number of anilines is 2. The number of rotatable bonds is 0. The van der Waals surface area contributed by atoms with Gasteiger partial charge in [0.15, 0.2) is 0 Å². The van der Waals surface area contributed by atoms with Gasteiger partial charge in [0, 0.05) is 20.0 Å². The molecular formula is C11H14N2O. The van der Waals surface area contributed by atoms with E-state index in [-0.39, 0.29) is 5.91 Å². The van der Waals surface area contributed by atoms with Crippen LogP contribution in [0.2, 0.25) is 0 Å². The van der Waals surface area contributed by atoms with Gasteiger partial charge in [0.25, 0.3) is 0 Å². The molecule has 1 aromatic carbocycles. The minimum Gasteiger partial charge on any atom is -0.383 e. The second-order valence-corrected chi connectivity index (χ2v) is 3.47. The highest BCUT2D eigenvalue weighted by Crippen LogP contribution is 2.27. The van der Waals surface area contributed by atoms with Gasteiger partial charge in [-0.3, -0.25) is 4.79 Å². The SMILES string of the molecule is CC(=O)N1CCCNc2ccccc21. The highest BCUT2D eigenvalue weighted by molar-refractivity contribution is 5.95. The van der Waals surface area contributed by atoms with Crippen LogP contribution in [0.5, 0.6) is 0 Å². The Bertz CT molecular complexity index is 349. The molecule has 14 heavy (non-hydrogen) atoms. The fourth-order valence-corrected chi connectivity index (χ4v) is 1.77. The average Bonchev–Trinajstić information content (AvgIpc) is 2.39. The Kier molecular flexibility index (Phi) is 2.39. The zero-order valence-corrected chi connectivity index (χ0v) is 8.29. The van der Waals surface area contributed by atoms with Gasteiger partial charge < -0.3 is 10.2 Å². The summed E-state index contributed by atoms with van der Waals surface area (Å²) < 4.78 is 0. The minimum atomic E-state index is 0.112. The van der Waals surface area contributed by atoms with Crippen molar-refractivity contribution < 1.29 is 4.79 Å². The van der Waals surface area contributed by atoms with Crippen molar-refractivity contribution in [3.8, 4) is 0 Å². The lowest BCUT2D eigenvalue weighted by atomic mass is 10.2. The van der Waals surface area contributed by atoms with Crippen molar-refractivity contribution in [2.24, 2.45) is 0 Å². The monoisotopic (exact) mass is 190 g/mol. The topological polar surface area (TPSA) is 32.3 Å². The van der Waals surface area contributed by atoms with E-state index in [1.165, 1.54) is 0 Å². The van der Waals surface area contributed by atoms with Crippen LogP contribution in [-0.4, -0.2) is 19.0 Å². The maximum atomic E-state index is 11.4. The number of carbonyl (C=O) groups is 1. The molecule has 0 atom stereocenters. The molecule has 0 aliphatic carbocycles. The molecule has 74 valence electrons. The smallest absolute Gasteiger partial charge is 0.223 e. The molecule has 1 heterocycles. The number of hydrogen-bond acceptors (Lipinski definition) is 2. The Morgan fingerprint density at radius 2 is 2.21 bits per heavy atom. The Hall–Kier alpha value is -1.51. The third-order valence-electron chi connectivity index (χ3n) is 2.45. The quantitative estimate of drug-likeness (QED) is 0.677. The molecule has 0 saturated heterocycles. The van der Waals surface area contributed by atoms with Crippen molar-refractivity contribution in [1.29, 1.82) is 0 Å². The summed E-state index contributed by atoms with van der Waals surface area (Å²) in [5.74, 6) is 0.112. The molecule has 1 aliphatic heterocycles. The van der Waals surface area contributed by atoms with E-state index in [4.69, 9.17) is 0 Å². The zero-order valence-electron chi connectivity index (χ0n) is 8.29. The first-order valence-corrected chi connectivity index (χ1v) is 4.90. The number of fused-ring (bicyclic) bond motifs is 1. The summed E-state index contributed by atoms with van der Waals surface area (Å²) in [7, 11) is 0. The lowest BCUT2D eigenvalue weighted by molar-refractivity contribution is -0.116. The van der Waals surface area contributed by atoms with E-state index in [1.54, 1.807) is 6.92 Å². The lowest BCUT2D eigenvalue weighted by Gasteiger charge is -2.20. The maximum absolute atomic E-state index is 11.4. The van der Waals surface area contributed by atoms with E-state index in [0.717, 1.165) is 30.9 Å². The molecule has 0 unspecified atom stereocenters. The van der Waals surface area contributed by atoms with Gasteiger partial charge in [-0.05, 0) is 18.6 Å². The van der Waals surface area contributed by atoms with Crippen molar-refractivity contribution in [1.82, 2.24) is 0 Å². The van der Waals surface area contributed by atoms with Crippen LogP contribution in [0.15, 0.2) is 24.3 Å². The molecule has 1 aromatic rings. The molecule has 0 spiro atoms. The third kappa shape index (κ3) is 1.58. The first-order valence-electron chi connectivity index (χ1n) is 4.90. The van der Waals surface area contributed by atoms with Crippen molar-refractivity contribution in [2.75, 3.05) is 23.3 Å². The molecule has 0 aromatic heterocycles. The summed E-state index contributed by atoms with van der Waals surface area (Å²) in [4.78, 5) is 13.2. The Balaban J connectivity index is 2.42. The number of carbonyl (C=O) groups excluding carboxylic acids is 1. The molecule has 0 radical (unpaired) electrons. The summed E-state index contributed by atoms with van der Waals surface area (Å²) in [5, 5.41) is 3.32. The highest BCUT2D eigenvalue weighted by Gasteiger charge is 2.16. The predicted octanol–water partition coefficient (Wildman–Crippen LogP) is 1.86. The van der Waals surface area contributed by atoms with Crippen LogP contribution in [-0.2, 0) is 4.79 Å². The number of para-hydroxylation sites is 2. The molecule has 0 saturated carbocycles. The second kappa shape index (κ2) is 3.70. The van der Waals surface area contributed by atoms with Crippen LogP contribution in [0.25, 0.3) is 0 Å². The van der Waals surface area contributed by atoms with Gasteiger partial charge in [0.05, 0.1) is 11.4 Å². The summed E-state index contributed by atoms with van der Waals surface area (Å²) in [6, 6.07) is 7.93. The average molecular weight is 190 g/mol. The van der Waals surface area contributed by atoms with Gasteiger partial charge in [-0.1, -0.05) is 12.1 Å². The molecule has 3 nitrogen and oxygen atoms in total. The van der Waals surface area contributed by atoms with Gasteiger partial charge in [-0.2, -0.15) is 0 Å². The van der Waals surface area contributed by atoms with Crippen LogP contribution in [0, 0.1) is 0 Å². The van der Waals surface area contributed by atoms with Crippen molar-refractivity contribution in [2.45, 2.75) is 13.3 Å². The lowest BCUT2D eigenvalue weighted by Crippen LogP contribution is -2.28. The van der Waals surface area contributed by atoms with Crippen LogP contribution < -0.4 is 10.2 Å². The Morgan fingerprint density at radius 3 is 3.00 bits per heavy atom. The van der Waals surface area contributed by atoms with Gasteiger partial charge in [-0.25, -0.2) is 0 Å². The molecule has 1 N–H and O–H groups in total. The largest absolute Gasteiger partial charge is 0.383 e. The fourth-order valence-electron chi connectivity index (χ4n) is 1.77. The van der Waals surface area contributed by atoms with Crippen LogP contribution in [0.4, 0.5) is 11.4 Å². The normalized spacial score (nSPS) is 15.4. The van der Waals surface area contributed by atoms with E-state index in [0.29, 0.717) is 0 Å². The number of nitrogens with zero attached hydrogens (tertiary/aromatic N) is 1. The van der Waals surface area contributed by atoms with Crippen LogP contribution in [0.1, 0.15) is 13.3 Å². The Morgan fingerprint density at radius 1 is 1.43 bits per heavy atom. The Labute approximate surface area is 83.7 Å². The van der Waals surface area contributed by atoms with E-state index in [2.05, 4.69) is 5.32 Å². The zero-order chi connectivity index (χ0) is 9.97. The number of nitrogens with one attached hydrogen (secondary N) is 1. The van der Waals surface area contributed by atoms with Crippen molar-refractivity contribution in [3.63, 3.8) is 0 Å². The van der Waals surface area contributed by atoms with Crippen molar-refractivity contribution in [3.05, 3.63) is 24.3 Å². The van der Waals surface area contributed by atoms with Crippen LogP contribution >= 0.6 is 0 Å². The van der Waals surface area contributed by atoms with E-state index in [1.807, 2.05) is 29.2 Å². The first kappa shape index (κ1) is 9.06. The molecule has 1 amide bonds. The molecule has 0 fully saturated rings. The molecule has 2 rings (SSSR count). The molecule has 0 bridgehead atoms. The van der Waals surface area contributed by atoms with Crippen LogP contribution in [0.3, 0.4) is 0 Å². The predicted molar refractivity (Wildman–Crippen MR) is 57.6 cm³/mol. The summed E-state index contributed by atoms with van der Waals surface area (Å²) in [6.45, 7) is 3.35. The molecular weight excluding hydrogens is 176 g/mol. The highest BCUT2D eigenvalue weighted by atomic mass is 16.2. The number of benzene rings is 1. The number of hydrogen-bond donors (Lipinski definition) is 1. The number of amides is 1. The summed E-state index contributed by atoms with van der Waals surface area (Å²) in [6.07, 6.45) is 0.994. The third-order valence-corrected chi connectivity index (χ3v) is 2.45. The summed E-state index contributed by atoms with van der Waals surface area (Å²) in [5.41, 5.74) is 2.05. The van der Waals surface area contributed by atoms with Gasteiger partial charge >= 0.3 is 0 Å². The second-order valence-electron chi connectivity index (χ2n) is 3.47. The fraction of sp³-hybridized carbons (Fsp3) is 0.364. The molecule has 1 aliphatic rings. The minimum absolute atomic E-state index is 0.112. The molecule has 3 heteroatoms. The van der Waals surface area contributed by atoms with Gasteiger partial charge in [-0.15, -0.1) is 0 Å². The van der Waals surface area contributed by atoms with E-state index >= 15 is 0 Å². The maximum Gasteiger partial charge on any atom is 0.223 e. The van der Waals surface area contributed by atoms with E-state index in [9.17, 15) is 4.79 Å². The van der Waals surface area contributed by atoms with Gasteiger partial charge in [0.2, 0.25) is 5.91 Å². The van der Waals surface area contributed by atoms with Crippen molar-refractivity contribution >= 4 is 17.3 Å².